The van der Waals surface area contributed by atoms with Crippen LogP contribution in [0.5, 0.6) is 0 Å². The van der Waals surface area contributed by atoms with Crippen molar-refractivity contribution in [1.29, 1.82) is 0 Å². The van der Waals surface area contributed by atoms with Crippen LogP contribution >= 0.6 is 0 Å². The van der Waals surface area contributed by atoms with Crippen LogP contribution in [0.3, 0.4) is 0 Å². The van der Waals surface area contributed by atoms with Gasteiger partial charge in [0.1, 0.15) is 0 Å². The van der Waals surface area contributed by atoms with E-state index in [0.717, 1.165) is 5.69 Å². The van der Waals surface area contributed by atoms with Crippen molar-refractivity contribution in [2.75, 3.05) is 7.11 Å². The molecule has 1 fully saturated rings. The summed E-state index contributed by atoms with van der Waals surface area (Å²) in [5.74, 6) is 0.301. The molecule has 1 aromatic heterocycles. The zero-order chi connectivity index (χ0) is 11.7. The van der Waals surface area contributed by atoms with Crippen molar-refractivity contribution in [3.63, 3.8) is 0 Å². The molecule has 0 aliphatic heterocycles. The number of carbonyl (C=O) groups is 1. The first kappa shape index (κ1) is 11.2. The van der Waals surface area contributed by atoms with Gasteiger partial charge in [-0.1, -0.05) is 0 Å². The molecule has 4 heteroatoms. The maximum atomic E-state index is 11.4. The second kappa shape index (κ2) is 4.28. The molecule has 2 unspecified atom stereocenters. The Labute approximate surface area is 95.6 Å². The van der Waals surface area contributed by atoms with E-state index in [1.54, 1.807) is 0 Å². The topological polar surface area (TPSA) is 44.1 Å². The Morgan fingerprint density at radius 1 is 1.56 bits per heavy atom. The Kier molecular flexibility index (Phi) is 2.99. The Morgan fingerprint density at radius 3 is 2.81 bits per heavy atom. The normalized spacial score (nSPS) is 19.2. The number of esters is 1. The maximum Gasteiger partial charge on any atom is 0.310 e. The van der Waals surface area contributed by atoms with E-state index in [-0.39, 0.29) is 17.9 Å². The van der Waals surface area contributed by atoms with Crippen LogP contribution in [0.15, 0.2) is 12.3 Å². The number of methoxy groups -OCH3 is 1. The zero-order valence-electron chi connectivity index (χ0n) is 10.0. The van der Waals surface area contributed by atoms with E-state index in [2.05, 4.69) is 11.2 Å². The van der Waals surface area contributed by atoms with Crippen molar-refractivity contribution in [1.82, 2.24) is 9.78 Å². The fourth-order valence-corrected chi connectivity index (χ4v) is 1.79. The fourth-order valence-electron chi connectivity index (χ4n) is 1.79. The van der Waals surface area contributed by atoms with E-state index < -0.39 is 0 Å². The minimum atomic E-state index is -0.184. The summed E-state index contributed by atoms with van der Waals surface area (Å²) < 4.78 is 6.61. The SMILES string of the molecule is COC(=O)C(C)C(C)n1ccc(C2CC2)n1. The largest absolute Gasteiger partial charge is 0.469 e. The van der Waals surface area contributed by atoms with Gasteiger partial charge in [0.05, 0.1) is 24.8 Å². The third-order valence-electron chi connectivity index (χ3n) is 3.34. The van der Waals surface area contributed by atoms with Gasteiger partial charge in [0, 0.05) is 12.1 Å². The average molecular weight is 222 g/mol. The average Bonchev–Trinajstić information content (AvgIpc) is 3.04. The Morgan fingerprint density at radius 2 is 2.25 bits per heavy atom. The van der Waals surface area contributed by atoms with Gasteiger partial charge in [-0.15, -0.1) is 0 Å². The first-order valence-electron chi connectivity index (χ1n) is 5.76. The highest BCUT2D eigenvalue weighted by molar-refractivity contribution is 5.72. The van der Waals surface area contributed by atoms with Gasteiger partial charge >= 0.3 is 5.97 Å². The highest BCUT2D eigenvalue weighted by Gasteiger charge is 2.28. The van der Waals surface area contributed by atoms with E-state index in [9.17, 15) is 4.79 Å². The van der Waals surface area contributed by atoms with Gasteiger partial charge in [0.25, 0.3) is 0 Å². The molecular formula is C12H18N2O2. The summed E-state index contributed by atoms with van der Waals surface area (Å²) in [6.45, 7) is 3.86. The lowest BCUT2D eigenvalue weighted by atomic mass is 10.0. The number of rotatable bonds is 4. The number of nitrogens with zero attached hydrogens (tertiary/aromatic N) is 2. The molecule has 4 nitrogen and oxygen atoms in total. The third kappa shape index (κ3) is 2.10. The van der Waals surface area contributed by atoms with Gasteiger partial charge in [0.15, 0.2) is 0 Å². The first-order chi connectivity index (χ1) is 7.63. The minimum absolute atomic E-state index is 0.0416. The predicted octanol–water partition coefficient (Wildman–Crippen LogP) is 2.13. The van der Waals surface area contributed by atoms with Gasteiger partial charge < -0.3 is 4.74 Å². The van der Waals surface area contributed by atoms with Crippen molar-refractivity contribution in [2.24, 2.45) is 5.92 Å². The molecule has 0 spiro atoms. The molecule has 2 rings (SSSR count). The molecule has 2 atom stereocenters. The number of hydrogen-bond donors (Lipinski definition) is 0. The van der Waals surface area contributed by atoms with Gasteiger partial charge in [-0.05, 0) is 32.8 Å². The van der Waals surface area contributed by atoms with E-state index in [1.807, 2.05) is 24.7 Å². The monoisotopic (exact) mass is 222 g/mol. The molecule has 1 heterocycles. The lowest BCUT2D eigenvalue weighted by molar-refractivity contribution is -0.146. The first-order valence-corrected chi connectivity index (χ1v) is 5.76. The standard InChI is InChI=1S/C12H18N2O2/c1-8(12(15)16-3)9(2)14-7-6-11(13-14)10-4-5-10/h6-10H,4-5H2,1-3H3. The van der Waals surface area contributed by atoms with E-state index in [0.29, 0.717) is 5.92 Å². The molecule has 1 aromatic rings. The van der Waals surface area contributed by atoms with Gasteiger partial charge in [-0.25, -0.2) is 0 Å². The van der Waals surface area contributed by atoms with Gasteiger partial charge in [-0.3, -0.25) is 9.48 Å². The van der Waals surface area contributed by atoms with Crippen molar-refractivity contribution in [3.05, 3.63) is 18.0 Å². The maximum absolute atomic E-state index is 11.4. The van der Waals surface area contributed by atoms with Crippen LogP contribution in [0, 0.1) is 5.92 Å². The summed E-state index contributed by atoms with van der Waals surface area (Å²) in [4.78, 5) is 11.4. The molecule has 88 valence electrons. The third-order valence-corrected chi connectivity index (χ3v) is 3.34. The predicted molar refractivity (Wildman–Crippen MR) is 60.1 cm³/mol. The molecular weight excluding hydrogens is 204 g/mol. The highest BCUT2D eigenvalue weighted by atomic mass is 16.5. The lowest BCUT2D eigenvalue weighted by Gasteiger charge is -2.18. The van der Waals surface area contributed by atoms with Gasteiger partial charge in [-0.2, -0.15) is 5.10 Å². The number of carbonyl (C=O) groups excluding carboxylic acids is 1. The molecule has 1 aliphatic carbocycles. The van der Waals surface area contributed by atoms with E-state index in [1.165, 1.54) is 20.0 Å². The molecule has 0 bridgehead atoms. The lowest BCUT2D eigenvalue weighted by Crippen LogP contribution is -2.23. The molecule has 16 heavy (non-hydrogen) atoms. The summed E-state index contributed by atoms with van der Waals surface area (Å²) in [5.41, 5.74) is 1.16. The van der Waals surface area contributed by atoms with Crippen LogP contribution in [0.25, 0.3) is 0 Å². The van der Waals surface area contributed by atoms with Crippen molar-refractivity contribution >= 4 is 5.97 Å². The van der Waals surface area contributed by atoms with E-state index in [4.69, 9.17) is 4.74 Å². The summed E-state index contributed by atoms with van der Waals surface area (Å²) in [7, 11) is 1.42. The van der Waals surface area contributed by atoms with Crippen LogP contribution in [0.4, 0.5) is 0 Å². The van der Waals surface area contributed by atoms with Gasteiger partial charge in [0.2, 0.25) is 0 Å². The Bertz CT molecular complexity index is 382. The fraction of sp³-hybridized carbons (Fsp3) is 0.667. The Hall–Kier alpha value is -1.32. The van der Waals surface area contributed by atoms with Crippen molar-refractivity contribution in [3.8, 4) is 0 Å². The minimum Gasteiger partial charge on any atom is -0.469 e. The summed E-state index contributed by atoms with van der Waals surface area (Å²) >= 11 is 0. The molecule has 0 saturated heterocycles. The Balaban J connectivity index is 2.07. The van der Waals surface area contributed by atoms with Crippen LogP contribution in [-0.2, 0) is 9.53 Å². The van der Waals surface area contributed by atoms with Crippen LogP contribution in [-0.4, -0.2) is 22.9 Å². The van der Waals surface area contributed by atoms with Crippen LogP contribution < -0.4 is 0 Å². The molecule has 1 aliphatic rings. The zero-order valence-corrected chi connectivity index (χ0v) is 10.0. The van der Waals surface area contributed by atoms with Crippen molar-refractivity contribution < 1.29 is 9.53 Å². The molecule has 0 N–H and O–H groups in total. The van der Waals surface area contributed by atoms with Crippen molar-refractivity contribution in [2.45, 2.75) is 38.6 Å². The molecule has 1 saturated carbocycles. The summed E-state index contributed by atoms with van der Waals surface area (Å²) in [6, 6.07) is 2.10. The van der Waals surface area contributed by atoms with E-state index >= 15 is 0 Å². The molecule has 0 radical (unpaired) electrons. The smallest absolute Gasteiger partial charge is 0.310 e. The molecule has 0 aromatic carbocycles. The number of ether oxygens (including phenoxy) is 1. The summed E-state index contributed by atoms with van der Waals surface area (Å²) in [6.07, 6.45) is 4.45. The molecule has 0 amide bonds. The second-order valence-electron chi connectivity index (χ2n) is 4.55. The number of hydrogen-bond acceptors (Lipinski definition) is 3. The number of aromatic nitrogens is 2. The van der Waals surface area contributed by atoms with Crippen LogP contribution in [0.1, 0.15) is 44.3 Å². The van der Waals surface area contributed by atoms with Crippen LogP contribution in [0.2, 0.25) is 0 Å². The highest BCUT2D eigenvalue weighted by Crippen LogP contribution is 2.39. The second-order valence-corrected chi connectivity index (χ2v) is 4.55. The quantitative estimate of drug-likeness (QED) is 0.733. The summed E-state index contributed by atoms with van der Waals surface area (Å²) in [5, 5.41) is 4.52.